The summed E-state index contributed by atoms with van der Waals surface area (Å²) in [5.74, 6) is -1.16. The number of aliphatic imine (C=N–C) groups is 1. The van der Waals surface area contributed by atoms with Crippen LogP contribution in [0.1, 0.15) is 17.0 Å². The van der Waals surface area contributed by atoms with E-state index < -0.39 is 11.8 Å². The third-order valence-corrected chi connectivity index (χ3v) is 3.37. The van der Waals surface area contributed by atoms with Crippen molar-refractivity contribution in [2.45, 2.75) is 12.3 Å². The van der Waals surface area contributed by atoms with Gasteiger partial charge in [-0.05, 0) is 11.1 Å². The highest BCUT2D eigenvalue weighted by Crippen LogP contribution is 2.20. The number of carbonyl (C=O) groups is 2. The van der Waals surface area contributed by atoms with Gasteiger partial charge in [0.05, 0.1) is 0 Å². The van der Waals surface area contributed by atoms with E-state index in [2.05, 4.69) is 10.3 Å². The number of amidine groups is 1. The molecule has 1 aliphatic rings. The summed E-state index contributed by atoms with van der Waals surface area (Å²) in [5.41, 5.74) is 1.67. The predicted molar refractivity (Wildman–Crippen MR) is 79.9 cm³/mol. The number of nitrogens with one attached hydrogen (secondary N) is 1. The van der Waals surface area contributed by atoms with Crippen LogP contribution in [0.15, 0.2) is 65.7 Å². The zero-order valence-corrected chi connectivity index (χ0v) is 11.3. The van der Waals surface area contributed by atoms with E-state index >= 15 is 0 Å². The molecule has 2 aromatic carbocycles. The Morgan fingerprint density at radius 1 is 0.905 bits per heavy atom. The first-order chi connectivity index (χ1) is 10.2. The molecule has 21 heavy (non-hydrogen) atoms. The van der Waals surface area contributed by atoms with Crippen LogP contribution in [-0.2, 0) is 16.0 Å². The summed E-state index contributed by atoms with van der Waals surface area (Å²) in [6.07, 6.45) is 0.444. The van der Waals surface area contributed by atoms with Crippen molar-refractivity contribution in [3.05, 3.63) is 71.8 Å². The molecule has 0 aliphatic carbocycles. The normalized spacial score (nSPS) is 18.1. The van der Waals surface area contributed by atoms with E-state index in [9.17, 15) is 9.59 Å². The second kappa shape index (κ2) is 5.71. The smallest absolute Gasteiger partial charge is 0.264 e. The lowest BCUT2D eigenvalue weighted by Crippen LogP contribution is -2.43. The standard InChI is InChI=1S/C17H14N2O2/c20-16-15(13-9-5-2-6-10-13)17(21)19-14(18-16)11-12-7-3-1-4-8-12/h1-10,15H,11H2,(H,18,19,20,21). The van der Waals surface area contributed by atoms with Gasteiger partial charge in [-0.1, -0.05) is 60.7 Å². The van der Waals surface area contributed by atoms with Crippen molar-refractivity contribution >= 4 is 17.6 Å². The van der Waals surface area contributed by atoms with E-state index in [4.69, 9.17) is 0 Å². The summed E-state index contributed by atoms with van der Waals surface area (Å²) in [7, 11) is 0. The third-order valence-electron chi connectivity index (χ3n) is 3.37. The molecular weight excluding hydrogens is 264 g/mol. The van der Waals surface area contributed by atoms with Gasteiger partial charge in [-0.2, -0.15) is 4.99 Å². The molecule has 4 nitrogen and oxygen atoms in total. The highest BCUT2D eigenvalue weighted by atomic mass is 16.2. The van der Waals surface area contributed by atoms with E-state index in [0.29, 0.717) is 17.8 Å². The Hall–Kier alpha value is -2.75. The number of benzene rings is 2. The molecule has 0 unspecified atom stereocenters. The number of nitrogens with zero attached hydrogens (tertiary/aromatic N) is 1. The Morgan fingerprint density at radius 3 is 2.14 bits per heavy atom. The van der Waals surface area contributed by atoms with E-state index in [0.717, 1.165) is 5.56 Å². The first-order valence-electron chi connectivity index (χ1n) is 6.75. The summed E-state index contributed by atoms with van der Waals surface area (Å²) in [5, 5.41) is 2.73. The molecule has 0 aromatic heterocycles. The molecule has 0 saturated heterocycles. The molecule has 2 amide bonds. The lowest BCUT2D eigenvalue weighted by atomic mass is 9.96. The largest absolute Gasteiger partial charge is 0.313 e. The molecule has 0 radical (unpaired) electrons. The highest BCUT2D eigenvalue weighted by Gasteiger charge is 2.32. The van der Waals surface area contributed by atoms with Crippen LogP contribution in [0.3, 0.4) is 0 Å². The number of hydrogen-bond acceptors (Lipinski definition) is 2. The van der Waals surface area contributed by atoms with E-state index in [1.54, 1.807) is 24.3 Å². The second-order valence-corrected chi connectivity index (χ2v) is 4.89. The zero-order valence-electron chi connectivity index (χ0n) is 11.3. The van der Waals surface area contributed by atoms with Crippen molar-refractivity contribution < 1.29 is 9.59 Å². The fraction of sp³-hybridized carbons (Fsp3) is 0.118. The Bertz CT molecular complexity index is 693. The third kappa shape index (κ3) is 2.89. The summed E-state index contributed by atoms with van der Waals surface area (Å²) in [6.45, 7) is 0. The Labute approximate surface area is 122 Å². The Morgan fingerprint density at radius 2 is 1.52 bits per heavy atom. The van der Waals surface area contributed by atoms with Crippen molar-refractivity contribution in [1.82, 2.24) is 5.32 Å². The molecule has 104 valence electrons. The summed E-state index contributed by atoms with van der Waals surface area (Å²) < 4.78 is 0. The molecule has 3 rings (SSSR count). The number of carbonyl (C=O) groups excluding carboxylic acids is 2. The van der Waals surface area contributed by atoms with Gasteiger partial charge in [0.15, 0.2) is 0 Å². The first kappa shape index (κ1) is 13.2. The van der Waals surface area contributed by atoms with E-state index in [-0.39, 0.29) is 5.91 Å². The number of rotatable bonds is 3. The summed E-state index contributed by atoms with van der Waals surface area (Å²) in [6, 6.07) is 18.6. The van der Waals surface area contributed by atoms with Crippen LogP contribution < -0.4 is 5.32 Å². The van der Waals surface area contributed by atoms with Crippen molar-refractivity contribution in [3.63, 3.8) is 0 Å². The van der Waals surface area contributed by atoms with Crippen LogP contribution in [-0.4, -0.2) is 17.6 Å². The average Bonchev–Trinajstić information content (AvgIpc) is 2.49. The maximum absolute atomic E-state index is 12.2. The lowest BCUT2D eigenvalue weighted by Gasteiger charge is -2.20. The summed E-state index contributed by atoms with van der Waals surface area (Å²) in [4.78, 5) is 28.4. The van der Waals surface area contributed by atoms with Gasteiger partial charge >= 0.3 is 0 Å². The molecule has 1 atom stereocenters. The van der Waals surface area contributed by atoms with Crippen molar-refractivity contribution in [3.8, 4) is 0 Å². The Balaban J connectivity index is 1.83. The SMILES string of the molecule is O=C1N=C(Cc2ccccc2)NC(=O)[C@@H]1c1ccccc1. The average molecular weight is 278 g/mol. The summed E-state index contributed by atoms with van der Waals surface area (Å²) >= 11 is 0. The number of hydrogen-bond donors (Lipinski definition) is 1. The minimum Gasteiger partial charge on any atom is -0.313 e. The molecule has 0 fully saturated rings. The van der Waals surface area contributed by atoms with Gasteiger partial charge in [-0.15, -0.1) is 0 Å². The molecule has 0 bridgehead atoms. The van der Waals surface area contributed by atoms with Crippen LogP contribution >= 0.6 is 0 Å². The van der Waals surface area contributed by atoms with Crippen molar-refractivity contribution in [1.29, 1.82) is 0 Å². The van der Waals surface area contributed by atoms with Gasteiger partial charge in [0.2, 0.25) is 5.91 Å². The zero-order chi connectivity index (χ0) is 14.7. The van der Waals surface area contributed by atoms with Crippen LogP contribution in [0, 0.1) is 0 Å². The van der Waals surface area contributed by atoms with Crippen LogP contribution in [0.2, 0.25) is 0 Å². The van der Waals surface area contributed by atoms with Crippen molar-refractivity contribution in [2.24, 2.45) is 4.99 Å². The van der Waals surface area contributed by atoms with Gasteiger partial charge < -0.3 is 5.32 Å². The molecule has 0 spiro atoms. The minimum absolute atomic E-state index is 0.313. The molecule has 1 heterocycles. The molecule has 4 heteroatoms. The van der Waals surface area contributed by atoms with Crippen LogP contribution in [0.25, 0.3) is 0 Å². The molecule has 0 saturated carbocycles. The van der Waals surface area contributed by atoms with Gasteiger partial charge in [-0.25, -0.2) is 0 Å². The topological polar surface area (TPSA) is 58.5 Å². The monoisotopic (exact) mass is 278 g/mol. The maximum Gasteiger partial charge on any atom is 0.264 e. The van der Waals surface area contributed by atoms with Gasteiger partial charge in [0, 0.05) is 6.42 Å². The minimum atomic E-state index is -0.842. The maximum atomic E-state index is 12.2. The van der Waals surface area contributed by atoms with E-state index in [1.165, 1.54) is 0 Å². The second-order valence-electron chi connectivity index (χ2n) is 4.89. The molecular formula is C17H14N2O2. The fourth-order valence-corrected chi connectivity index (χ4v) is 2.36. The lowest BCUT2D eigenvalue weighted by molar-refractivity contribution is -0.129. The number of amides is 2. The molecule has 1 aliphatic heterocycles. The van der Waals surface area contributed by atoms with Crippen LogP contribution in [0.4, 0.5) is 0 Å². The Kier molecular flexibility index (Phi) is 3.60. The van der Waals surface area contributed by atoms with E-state index in [1.807, 2.05) is 36.4 Å². The van der Waals surface area contributed by atoms with Gasteiger partial charge in [-0.3, -0.25) is 9.59 Å². The van der Waals surface area contributed by atoms with Crippen molar-refractivity contribution in [2.75, 3.05) is 0 Å². The van der Waals surface area contributed by atoms with Crippen LogP contribution in [0.5, 0.6) is 0 Å². The molecule has 1 N–H and O–H groups in total. The van der Waals surface area contributed by atoms with Gasteiger partial charge in [0.25, 0.3) is 5.91 Å². The highest BCUT2D eigenvalue weighted by molar-refractivity contribution is 6.19. The predicted octanol–water partition coefficient (Wildman–Crippen LogP) is 2.07. The molecule has 2 aromatic rings. The fourth-order valence-electron chi connectivity index (χ4n) is 2.36. The van der Waals surface area contributed by atoms with Gasteiger partial charge in [0.1, 0.15) is 11.8 Å². The quantitative estimate of drug-likeness (QED) is 0.874. The first-order valence-corrected chi connectivity index (χ1v) is 6.75.